The monoisotopic (exact) mass is 942 g/mol. The van der Waals surface area contributed by atoms with Gasteiger partial charge in [0, 0.05) is 6.42 Å². The highest BCUT2D eigenvalue weighted by Crippen LogP contribution is 2.16. The molecule has 0 heterocycles. The summed E-state index contributed by atoms with van der Waals surface area (Å²) in [6.45, 7) is 4.20. The second kappa shape index (κ2) is 58.4. The molecule has 0 saturated heterocycles. The number of aliphatic hydroxyl groups excluding tert-OH is 2. The van der Waals surface area contributed by atoms with Crippen LogP contribution in [0.1, 0.15) is 271 Å². The van der Waals surface area contributed by atoms with Crippen molar-refractivity contribution in [3.05, 3.63) is 109 Å². The van der Waals surface area contributed by atoms with Crippen LogP contribution in [-0.2, 0) is 4.79 Å². The highest BCUT2D eigenvalue weighted by atomic mass is 16.3. The van der Waals surface area contributed by atoms with Crippen LogP contribution in [0.4, 0.5) is 0 Å². The zero-order chi connectivity index (χ0) is 49.2. The molecule has 4 heteroatoms. The normalized spacial score (nSPS) is 13.6. The quantitative estimate of drug-likeness (QED) is 0.0420. The van der Waals surface area contributed by atoms with Gasteiger partial charge in [0.25, 0.3) is 0 Å². The Bertz CT molecular complexity index is 1300. The van der Waals surface area contributed by atoms with Gasteiger partial charge in [0.05, 0.1) is 18.8 Å². The van der Waals surface area contributed by atoms with E-state index in [1.807, 2.05) is 6.08 Å². The predicted molar refractivity (Wildman–Crippen MR) is 303 cm³/mol. The minimum Gasteiger partial charge on any atom is -0.394 e. The van der Waals surface area contributed by atoms with Gasteiger partial charge in [-0.15, -0.1) is 0 Å². The average Bonchev–Trinajstić information content (AvgIpc) is 3.34. The molecule has 1 amide bonds. The van der Waals surface area contributed by atoms with E-state index in [2.05, 4.69) is 116 Å². The van der Waals surface area contributed by atoms with E-state index in [1.165, 1.54) is 173 Å². The maximum absolute atomic E-state index is 12.5. The third kappa shape index (κ3) is 54.0. The van der Waals surface area contributed by atoms with Crippen molar-refractivity contribution in [2.45, 2.75) is 283 Å². The van der Waals surface area contributed by atoms with Crippen molar-refractivity contribution in [2.24, 2.45) is 0 Å². The third-order valence-electron chi connectivity index (χ3n) is 12.8. The number of unbranched alkanes of at least 4 members (excludes halogenated alkanes) is 29. The van der Waals surface area contributed by atoms with Crippen molar-refractivity contribution < 1.29 is 15.0 Å². The summed E-state index contributed by atoms with van der Waals surface area (Å²) >= 11 is 0. The number of allylic oxidation sites excluding steroid dienone is 17. The fourth-order valence-electron chi connectivity index (χ4n) is 8.37. The first-order valence-electron chi connectivity index (χ1n) is 29.1. The van der Waals surface area contributed by atoms with E-state index in [-0.39, 0.29) is 12.5 Å². The van der Waals surface area contributed by atoms with Crippen LogP contribution < -0.4 is 5.32 Å². The third-order valence-corrected chi connectivity index (χ3v) is 12.8. The first-order valence-corrected chi connectivity index (χ1v) is 29.1. The summed E-state index contributed by atoms with van der Waals surface area (Å²) in [7, 11) is 0. The number of hydrogen-bond acceptors (Lipinski definition) is 3. The van der Waals surface area contributed by atoms with Crippen LogP contribution in [0.15, 0.2) is 109 Å². The predicted octanol–water partition coefficient (Wildman–Crippen LogP) is 19.5. The molecule has 390 valence electrons. The van der Waals surface area contributed by atoms with E-state index < -0.39 is 12.1 Å². The van der Waals surface area contributed by atoms with Gasteiger partial charge in [-0.1, -0.05) is 290 Å². The van der Waals surface area contributed by atoms with Gasteiger partial charge in [0.1, 0.15) is 0 Å². The van der Waals surface area contributed by atoms with E-state index in [0.717, 1.165) is 77.0 Å². The standard InChI is InChI=1S/C64H111NO3/c1-3-5-7-9-11-13-15-17-19-21-23-24-25-26-27-28-29-30-31-32-33-34-35-36-37-38-39-40-42-44-46-48-50-52-54-56-58-60-64(68)65-62(61-66)63(67)59-57-55-53-51-49-47-45-43-41-22-20-18-16-14-12-10-8-6-4-2/h5,7,11,13,17,19,23-24,26-27,29-30,32-33,35-36,57,59,62-63,66-67H,3-4,6,8-10,12,14-16,18,20-22,25,28,31,34,37-56,58,60-61H2,1-2H3,(H,65,68)/b7-5-,13-11-,19-17-,24-23-,27-26-,30-29-,33-32-,36-35-,59-57+. The average molecular weight is 943 g/mol. The molecule has 0 spiro atoms. The lowest BCUT2D eigenvalue weighted by atomic mass is 10.0. The number of aliphatic hydroxyl groups is 2. The Balaban J connectivity index is 3.56. The molecule has 0 aliphatic heterocycles. The summed E-state index contributed by atoms with van der Waals surface area (Å²) in [5, 5.41) is 23.2. The minimum absolute atomic E-state index is 0.0683. The van der Waals surface area contributed by atoms with Gasteiger partial charge < -0.3 is 15.5 Å². The number of carbonyl (C=O) groups is 1. The van der Waals surface area contributed by atoms with Crippen molar-refractivity contribution in [1.29, 1.82) is 0 Å². The molecular formula is C64H111NO3. The molecule has 0 bridgehead atoms. The van der Waals surface area contributed by atoms with Gasteiger partial charge in [-0.3, -0.25) is 4.79 Å². The summed E-state index contributed by atoms with van der Waals surface area (Å²) in [5.41, 5.74) is 0. The summed E-state index contributed by atoms with van der Waals surface area (Å²) < 4.78 is 0. The van der Waals surface area contributed by atoms with E-state index in [4.69, 9.17) is 0 Å². The SMILES string of the molecule is CC/C=C\C/C=C\C/C=C\C/C=C\C/C=C\C/C=C\C/C=C\C/C=C\CCCCCCCCCCCCCCC(=O)NC(CO)C(O)/C=C/CCCCCCCCCCCCCCCCCCC. The Kier molecular flexibility index (Phi) is 55.8. The fourth-order valence-corrected chi connectivity index (χ4v) is 8.37. The van der Waals surface area contributed by atoms with Gasteiger partial charge in [0.2, 0.25) is 5.91 Å². The van der Waals surface area contributed by atoms with E-state index in [1.54, 1.807) is 6.08 Å². The Morgan fingerprint density at radius 1 is 0.368 bits per heavy atom. The van der Waals surface area contributed by atoms with Crippen molar-refractivity contribution in [2.75, 3.05) is 6.61 Å². The molecule has 0 saturated carbocycles. The van der Waals surface area contributed by atoms with Gasteiger partial charge >= 0.3 is 0 Å². The van der Waals surface area contributed by atoms with E-state index in [0.29, 0.717) is 6.42 Å². The molecular weight excluding hydrogens is 831 g/mol. The van der Waals surface area contributed by atoms with E-state index >= 15 is 0 Å². The zero-order valence-electron chi connectivity index (χ0n) is 44.8. The number of carbonyl (C=O) groups excluding carboxylic acids is 1. The smallest absolute Gasteiger partial charge is 0.220 e. The molecule has 0 aromatic heterocycles. The second-order valence-corrected chi connectivity index (χ2v) is 19.3. The minimum atomic E-state index is -0.846. The first-order chi connectivity index (χ1) is 33.7. The molecule has 0 aliphatic carbocycles. The lowest BCUT2D eigenvalue weighted by molar-refractivity contribution is -0.123. The summed E-state index contributed by atoms with van der Waals surface area (Å²) in [4.78, 5) is 12.5. The van der Waals surface area contributed by atoms with Crippen molar-refractivity contribution >= 4 is 5.91 Å². The molecule has 0 rings (SSSR count). The van der Waals surface area contributed by atoms with Crippen LogP contribution in [0.25, 0.3) is 0 Å². The molecule has 3 N–H and O–H groups in total. The zero-order valence-corrected chi connectivity index (χ0v) is 44.8. The molecule has 68 heavy (non-hydrogen) atoms. The maximum Gasteiger partial charge on any atom is 0.220 e. The Hall–Kier alpha value is -2.95. The summed E-state index contributed by atoms with van der Waals surface area (Å²) in [6, 6.07) is -0.630. The lowest BCUT2D eigenvalue weighted by Crippen LogP contribution is -2.45. The van der Waals surface area contributed by atoms with Gasteiger partial charge in [-0.2, -0.15) is 0 Å². The number of amides is 1. The van der Waals surface area contributed by atoms with Crippen LogP contribution in [0.2, 0.25) is 0 Å². The maximum atomic E-state index is 12.5. The van der Waals surface area contributed by atoms with Crippen LogP contribution in [0.5, 0.6) is 0 Å². The van der Waals surface area contributed by atoms with Crippen LogP contribution >= 0.6 is 0 Å². The number of rotatable bonds is 52. The topological polar surface area (TPSA) is 69.6 Å². The van der Waals surface area contributed by atoms with Gasteiger partial charge in [-0.25, -0.2) is 0 Å². The molecule has 0 aromatic rings. The Morgan fingerprint density at radius 3 is 0.971 bits per heavy atom. The van der Waals surface area contributed by atoms with E-state index in [9.17, 15) is 15.0 Å². The van der Waals surface area contributed by atoms with Crippen LogP contribution in [0, 0.1) is 0 Å². The summed E-state index contributed by atoms with van der Waals surface area (Å²) in [6.07, 6.45) is 88.2. The molecule has 0 aliphatic rings. The molecule has 4 nitrogen and oxygen atoms in total. The number of nitrogens with one attached hydrogen (secondary N) is 1. The van der Waals surface area contributed by atoms with Crippen LogP contribution in [-0.4, -0.2) is 34.9 Å². The van der Waals surface area contributed by atoms with Gasteiger partial charge in [0.15, 0.2) is 0 Å². The summed E-state index contributed by atoms with van der Waals surface area (Å²) in [5.74, 6) is -0.0683. The Labute approximate surface area is 423 Å². The number of hydrogen-bond donors (Lipinski definition) is 3. The Morgan fingerprint density at radius 2 is 0.647 bits per heavy atom. The molecule has 0 fully saturated rings. The molecule has 2 atom stereocenters. The highest BCUT2D eigenvalue weighted by molar-refractivity contribution is 5.76. The van der Waals surface area contributed by atoms with Crippen molar-refractivity contribution in [3.8, 4) is 0 Å². The fraction of sp³-hybridized carbons (Fsp3) is 0.703. The largest absolute Gasteiger partial charge is 0.394 e. The molecule has 2 unspecified atom stereocenters. The molecule has 0 aromatic carbocycles. The van der Waals surface area contributed by atoms with Gasteiger partial charge in [-0.05, 0) is 83.5 Å². The van der Waals surface area contributed by atoms with Crippen molar-refractivity contribution in [3.63, 3.8) is 0 Å². The van der Waals surface area contributed by atoms with Crippen LogP contribution in [0.3, 0.4) is 0 Å². The first kappa shape index (κ1) is 65.0. The van der Waals surface area contributed by atoms with Crippen molar-refractivity contribution in [1.82, 2.24) is 5.32 Å². The lowest BCUT2D eigenvalue weighted by Gasteiger charge is -2.20. The highest BCUT2D eigenvalue weighted by Gasteiger charge is 2.18. The second-order valence-electron chi connectivity index (χ2n) is 19.3. The molecule has 0 radical (unpaired) electrons.